The highest BCUT2D eigenvalue weighted by molar-refractivity contribution is 5.91. The van der Waals surface area contributed by atoms with Crippen LogP contribution in [-0.4, -0.2) is 35.0 Å². The van der Waals surface area contributed by atoms with Gasteiger partial charge in [-0.25, -0.2) is 0 Å². The summed E-state index contributed by atoms with van der Waals surface area (Å²) in [6, 6.07) is 5.86. The van der Waals surface area contributed by atoms with E-state index in [9.17, 15) is 23.1 Å². The Bertz CT molecular complexity index is 601. The topological polar surface area (TPSA) is 62.1 Å². The van der Waals surface area contributed by atoms with Crippen LogP contribution >= 0.6 is 0 Å². The number of benzene rings is 1. The Morgan fingerprint density at radius 3 is 2.71 bits per heavy atom. The Morgan fingerprint density at radius 1 is 1.48 bits per heavy atom. The van der Waals surface area contributed by atoms with Crippen LogP contribution in [0.5, 0.6) is 5.75 Å². The van der Waals surface area contributed by atoms with Crippen LogP contribution in [0.4, 0.5) is 13.2 Å². The third-order valence-electron chi connectivity index (χ3n) is 3.09. The molecule has 0 aliphatic carbocycles. The molecule has 0 saturated heterocycles. The lowest BCUT2D eigenvalue weighted by atomic mass is 9.97. The van der Waals surface area contributed by atoms with E-state index >= 15 is 0 Å². The maximum Gasteiger partial charge on any atom is 0.473 e. The zero-order valence-electron chi connectivity index (χ0n) is 11.3. The van der Waals surface area contributed by atoms with Crippen molar-refractivity contribution < 1.29 is 27.8 Å². The number of hydrogen-bond donors (Lipinski definition) is 1. The van der Waals surface area contributed by atoms with Gasteiger partial charge >= 0.3 is 12.1 Å². The van der Waals surface area contributed by atoms with Gasteiger partial charge in [-0.1, -0.05) is 12.1 Å². The molecule has 1 amide bonds. The maximum absolute atomic E-state index is 12.6. The first-order chi connectivity index (χ1) is 9.68. The molecular weight excluding hydrogens is 289 g/mol. The number of ether oxygens (including phenoxy) is 1. The minimum absolute atomic E-state index is 0.0805. The van der Waals surface area contributed by atoms with Crippen molar-refractivity contribution in [2.75, 3.05) is 7.11 Å². The van der Waals surface area contributed by atoms with Crippen molar-refractivity contribution in [3.8, 4) is 5.75 Å². The molecule has 21 heavy (non-hydrogen) atoms. The van der Waals surface area contributed by atoms with Crippen LogP contribution in [0.15, 0.2) is 29.4 Å². The molecule has 1 heterocycles. The Kier molecular flexibility index (Phi) is 3.66. The van der Waals surface area contributed by atoms with E-state index in [1.54, 1.807) is 6.07 Å². The van der Waals surface area contributed by atoms with Crippen molar-refractivity contribution in [2.45, 2.75) is 25.2 Å². The number of nitrogens with zero attached hydrogens (tertiary/aromatic N) is 2. The Hall–Kier alpha value is -2.09. The van der Waals surface area contributed by atoms with Gasteiger partial charge in [0.05, 0.1) is 7.11 Å². The predicted molar refractivity (Wildman–Crippen MR) is 67.5 cm³/mol. The molecule has 0 radical (unpaired) electrons. The van der Waals surface area contributed by atoms with E-state index in [1.807, 2.05) is 0 Å². The molecular formula is C13H13F3N2O3. The number of aliphatic hydroxyl groups is 1. The van der Waals surface area contributed by atoms with Gasteiger partial charge in [-0.2, -0.15) is 23.3 Å². The van der Waals surface area contributed by atoms with Crippen LogP contribution in [0.3, 0.4) is 0 Å². The minimum Gasteiger partial charge on any atom is -0.497 e. The van der Waals surface area contributed by atoms with Crippen LogP contribution in [0.1, 0.15) is 18.9 Å². The average Bonchev–Trinajstić information content (AvgIpc) is 2.73. The fourth-order valence-electron chi connectivity index (χ4n) is 2.15. The zero-order valence-corrected chi connectivity index (χ0v) is 11.3. The number of rotatable bonds is 2. The summed E-state index contributed by atoms with van der Waals surface area (Å²) in [4.78, 5) is 11.5. The third kappa shape index (κ3) is 2.71. The van der Waals surface area contributed by atoms with E-state index in [0.29, 0.717) is 5.75 Å². The van der Waals surface area contributed by atoms with Gasteiger partial charge in [0, 0.05) is 17.7 Å². The lowest BCUT2D eigenvalue weighted by molar-refractivity contribution is -0.206. The normalized spacial score (nSPS) is 22.2. The second-order valence-electron chi connectivity index (χ2n) is 4.68. The van der Waals surface area contributed by atoms with Gasteiger partial charge in [0.1, 0.15) is 5.75 Å². The largest absolute Gasteiger partial charge is 0.497 e. The SMILES string of the molecule is COc1cccc(C2(O)CC(C)=NN2C(=O)C(F)(F)F)c1. The van der Waals surface area contributed by atoms with E-state index in [2.05, 4.69) is 5.10 Å². The first-order valence-corrected chi connectivity index (χ1v) is 6.01. The van der Waals surface area contributed by atoms with Crippen LogP contribution in [0.2, 0.25) is 0 Å². The molecule has 0 fully saturated rings. The summed E-state index contributed by atoms with van der Waals surface area (Å²) in [7, 11) is 1.39. The highest BCUT2D eigenvalue weighted by atomic mass is 19.4. The van der Waals surface area contributed by atoms with Crippen LogP contribution in [0, 0.1) is 0 Å². The first kappa shape index (κ1) is 15.3. The predicted octanol–water partition coefficient (Wildman–Crippen LogP) is 2.01. The Balaban J connectivity index is 2.46. The Morgan fingerprint density at radius 2 is 2.14 bits per heavy atom. The van der Waals surface area contributed by atoms with Gasteiger partial charge in [0.15, 0.2) is 5.72 Å². The number of hydrazone groups is 1. The summed E-state index contributed by atoms with van der Waals surface area (Å²) in [5.74, 6) is -1.87. The number of carbonyl (C=O) groups is 1. The molecule has 1 aromatic rings. The molecule has 1 atom stereocenters. The fraction of sp³-hybridized carbons (Fsp3) is 0.385. The molecule has 1 aromatic carbocycles. The quantitative estimate of drug-likeness (QED) is 0.909. The van der Waals surface area contributed by atoms with Crippen LogP contribution < -0.4 is 4.74 Å². The van der Waals surface area contributed by atoms with Gasteiger partial charge in [0.25, 0.3) is 0 Å². The molecule has 0 spiro atoms. The molecule has 5 nitrogen and oxygen atoms in total. The fourth-order valence-corrected chi connectivity index (χ4v) is 2.15. The van der Waals surface area contributed by atoms with E-state index < -0.39 is 17.8 Å². The summed E-state index contributed by atoms with van der Waals surface area (Å²) in [5.41, 5.74) is -1.86. The smallest absolute Gasteiger partial charge is 0.473 e. The summed E-state index contributed by atoms with van der Waals surface area (Å²) < 4.78 is 42.9. The van der Waals surface area contributed by atoms with E-state index in [4.69, 9.17) is 4.74 Å². The van der Waals surface area contributed by atoms with Gasteiger partial charge in [0.2, 0.25) is 0 Å². The lowest BCUT2D eigenvalue weighted by Crippen LogP contribution is -2.48. The first-order valence-electron chi connectivity index (χ1n) is 6.01. The molecule has 8 heteroatoms. The van der Waals surface area contributed by atoms with Gasteiger partial charge < -0.3 is 9.84 Å². The lowest BCUT2D eigenvalue weighted by Gasteiger charge is -2.32. The van der Waals surface area contributed by atoms with Crippen LogP contribution in [-0.2, 0) is 10.5 Å². The van der Waals surface area contributed by atoms with Crippen molar-refractivity contribution >= 4 is 11.6 Å². The second-order valence-corrected chi connectivity index (χ2v) is 4.68. The molecule has 114 valence electrons. The number of halogens is 3. The molecule has 2 rings (SSSR count). The average molecular weight is 302 g/mol. The molecule has 0 bridgehead atoms. The van der Waals surface area contributed by atoms with Gasteiger partial charge in [-0.15, -0.1) is 0 Å². The molecule has 0 saturated carbocycles. The highest BCUT2D eigenvalue weighted by Crippen LogP contribution is 2.38. The van der Waals surface area contributed by atoms with Crippen molar-refractivity contribution in [3.05, 3.63) is 29.8 Å². The van der Waals surface area contributed by atoms with Crippen molar-refractivity contribution in [1.82, 2.24) is 5.01 Å². The second kappa shape index (κ2) is 5.03. The maximum atomic E-state index is 12.6. The molecule has 1 aliphatic heterocycles. The molecule has 0 aromatic heterocycles. The van der Waals surface area contributed by atoms with Crippen LogP contribution in [0.25, 0.3) is 0 Å². The van der Waals surface area contributed by atoms with Gasteiger partial charge in [-0.05, 0) is 19.1 Å². The Labute approximate surface area is 118 Å². The third-order valence-corrected chi connectivity index (χ3v) is 3.09. The summed E-state index contributed by atoms with van der Waals surface area (Å²) in [6.45, 7) is 1.44. The number of carbonyl (C=O) groups excluding carboxylic acids is 1. The van der Waals surface area contributed by atoms with E-state index in [-0.39, 0.29) is 22.7 Å². The number of hydrogen-bond acceptors (Lipinski definition) is 4. The summed E-state index contributed by atoms with van der Waals surface area (Å²) in [5, 5.41) is 14.2. The molecule has 1 aliphatic rings. The standard InChI is InChI=1S/C13H13F3N2O3/c1-8-7-12(20,9-4-3-5-10(6-9)21-2)18(17-8)11(19)13(14,15)16/h3-6,20H,7H2,1-2H3. The summed E-state index contributed by atoms with van der Waals surface area (Å²) >= 11 is 0. The molecule has 1 N–H and O–H groups in total. The monoisotopic (exact) mass is 302 g/mol. The molecule has 1 unspecified atom stereocenters. The van der Waals surface area contributed by atoms with Crippen molar-refractivity contribution in [1.29, 1.82) is 0 Å². The number of alkyl halides is 3. The van der Waals surface area contributed by atoms with Crippen molar-refractivity contribution in [2.24, 2.45) is 5.10 Å². The van der Waals surface area contributed by atoms with Gasteiger partial charge in [-0.3, -0.25) is 4.79 Å². The highest BCUT2D eigenvalue weighted by Gasteiger charge is 2.53. The van der Waals surface area contributed by atoms with E-state index in [0.717, 1.165) is 0 Å². The number of methoxy groups -OCH3 is 1. The van der Waals surface area contributed by atoms with E-state index in [1.165, 1.54) is 32.2 Å². The minimum atomic E-state index is -5.12. The number of amides is 1. The zero-order chi connectivity index (χ0) is 15.8. The summed E-state index contributed by atoms with van der Waals surface area (Å²) in [6.07, 6.45) is -5.33. The van der Waals surface area contributed by atoms with Crippen molar-refractivity contribution in [3.63, 3.8) is 0 Å².